The lowest BCUT2D eigenvalue weighted by Crippen LogP contribution is -2.36. The van der Waals surface area contributed by atoms with E-state index in [-0.39, 0.29) is 18.4 Å². The molecule has 6 nitrogen and oxygen atoms in total. The molecule has 0 radical (unpaired) electrons. The quantitative estimate of drug-likeness (QED) is 0.855. The van der Waals surface area contributed by atoms with E-state index in [2.05, 4.69) is 5.32 Å². The predicted octanol–water partition coefficient (Wildman–Crippen LogP) is 3.35. The molecule has 0 atom stereocenters. The Labute approximate surface area is 151 Å². The van der Waals surface area contributed by atoms with Crippen molar-refractivity contribution in [1.82, 2.24) is 0 Å². The van der Waals surface area contributed by atoms with E-state index in [0.717, 1.165) is 0 Å². The Morgan fingerprint density at radius 2 is 1.88 bits per heavy atom. The normalized spacial score (nSPS) is 10.1. The monoisotopic (exact) mass is 362 g/mol. The van der Waals surface area contributed by atoms with Gasteiger partial charge < -0.3 is 19.7 Å². The van der Waals surface area contributed by atoms with E-state index in [9.17, 15) is 9.59 Å². The summed E-state index contributed by atoms with van der Waals surface area (Å²) < 4.78 is 10.4. The zero-order valence-electron chi connectivity index (χ0n) is 14.2. The molecule has 0 saturated carbocycles. The van der Waals surface area contributed by atoms with Crippen LogP contribution in [0.15, 0.2) is 42.5 Å². The SMILES string of the molecule is COc1cccc(N(CC(=O)Nc2cc(Cl)ccc2OC)C(C)=O)c1. The number of benzene rings is 2. The van der Waals surface area contributed by atoms with Crippen molar-refractivity contribution in [2.45, 2.75) is 6.92 Å². The van der Waals surface area contributed by atoms with Crippen molar-refractivity contribution in [3.63, 3.8) is 0 Å². The lowest BCUT2D eigenvalue weighted by atomic mass is 10.2. The van der Waals surface area contributed by atoms with Gasteiger partial charge in [0.2, 0.25) is 11.8 Å². The van der Waals surface area contributed by atoms with Crippen molar-refractivity contribution >= 4 is 34.8 Å². The van der Waals surface area contributed by atoms with Gasteiger partial charge in [-0.2, -0.15) is 0 Å². The fraction of sp³-hybridized carbons (Fsp3) is 0.222. The number of anilines is 2. The zero-order valence-corrected chi connectivity index (χ0v) is 15.0. The summed E-state index contributed by atoms with van der Waals surface area (Å²) in [5, 5.41) is 3.18. The average molecular weight is 363 g/mol. The van der Waals surface area contributed by atoms with Gasteiger partial charge in [-0.15, -0.1) is 0 Å². The van der Waals surface area contributed by atoms with Gasteiger partial charge in [-0.3, -0.25) is 9.59 Å². The number of rotatable bonds is 6. The van der Waals surface area contributed by atoms with Crippen molar-refractivity contribution in [2.75, 3.05) is 31.0 Å². The highest BCUT2D eigenvalue weighted by atomic mass is 35.5. The Morgan fingerprint density at radius 3 is 2.52 bits per heavy atom. The first-order valence-electron chi connectivity index (χ1n) is 7.50. The van der Waals surface area contributed by atoms with Gasteiger partial charge in [-0.05, 0) is 30.3 Å². The molecule has 0 saturated heterocycles. The molecule has 0 heterocycles. The molecule has 25 heavy (non-hydrogen) atoms. The first-order chi connectivity index (χ1) is 11.9. The lowest BCUT2D eigenvalue weighted by Gasteiger charge is -2.21. The van der Waals surface area contributed by atoms with Crippen LogP contribution in [0.3, 0.4) is 0 Å². The number of hydrogen-bond acceptors (Lipinski definition) is 4. The third-order valence-corrected chi connectivity index (χ3v) is 3.72. The average Bonchev–Trinajstić information content (AvgIpc) is 2.59. The number of nitrogens with one attached hydrogen (secondary N) is 1. The molecule has 0 unspecified atom stereocenters. The minimum atomic E-state index is -0.376. The summed E-state index contributed by atoms with van der Waals surface area (Å²) in [7, 11) is 3.03. The van der Waals surface area contributed by atoms with Crippen LogP contribution in [0.1, 0.15) is 6.92 Å². The molecule has 0 aliphatic rings. The van der Waals surface area contributed by atoms with Gasteiger partial charge in [-0.1, -0.05) is 17.7 Å². The number of methoxy groups -OCH3 is 2. The van der Waals surface area contributed by atoms with Crippen LogP contribution in [0.25, 0.3) is 0 Å². The molecule has 1 N–H and O–H groups in total. The van der Waals surface area contributed by atoms with Crippen LogP contribution >= 0.6 is 11.6 Å². The second-order valence-electron chi connectivity index (χ2n) is 5.20. The summed E-state index contributed by atoms with van der Waals surface area (Å²) in [5.74, 6) is 0.439. The maximum atomic E-state index is 12.4. The maximum Gasteiger partial charge on any atom is 0.244 e. The molecule has 0 fully saturated rings. The molecule has 0 spiro atoms. The van der Waals surface area contributed by atoms with Crippen LogP contribution in [0.5, 0.6) is 11.5 Å². The molecule has 2 amide bonds. The maximum absolute atomic E-state index is 12.4. The van der Waals surface area contributed by atoms with Crippen LogP contribution in [-0.4, -0.2) is 32.6 Å². The van der Waals surface area contributed by atoms with Crippen LogP contribution in [-0.2, 0) is 9.59 Å². The molecular weight excluding hydrogens is 344 g/mol. The highest BCUT2D eigenvalue weighted by Crippen LogP contribution is 2.28. The molecule has 2 rings (SSSR count). The summed E-state index contributed by atoms with van der Waals surface area (Å²) in [6.07, 6.45) is 0. The fourth-order valence-electron chi connectivity index (χ4n) is 2.27. The van der Waals surface area contributed by atoms with Crippen LogP contribution in [0.4, 0.5) is 11.4 Å². The number of nitrogens with zero attached hydrogens (tertiary/aromatic N) is 1. The van der Waals surface area contributed by atoms with Gasteiger partial charge in [-0.25, -0.2) is 0 Å². The molecule has 0 aliphatic heterocycles. The summed E-state index contributed by atoms with van der Waals surface area (Å²) in [6.45, 7) is 1.24. The third-order valence-electron chi connectivity index (χ3n) is 3.48. The zero-order chi connectivity index (χ0) is 18.4. The first kappa shape index (κ1) is 18.6. The number of ether oxygens (including phenoxy) is 2. The molecule has 2 aromatic rings. The van der Waals surface area contributed by atoms with E-state index in [1.807, 2.05) is 0 Å². The molecule has 2 aromatic carbocycles. The molecule has 0 aromatic heterocycles. The van der Waals surface area contributed by atoms with Crippen LogP contribution < -0.4 is 19.7 Å². The van der Waals surface area contributed by atoms with E-state index in [4.69, 9.17) is 21.1 Å². The Morgan fingerprint density at radius 1 is 1.12 bits per heavy atom. The molecule has 7 heteroatoms. The van der Waals surface area contributed by atoms with Gasteiger partial charge in [0.15, 0.2) is 0 Å². The largest absolute Gasteiger partial charge is 0.497 e. The Balaban J connectivity index is 2.18. The lowest BCUT2D eigenvalue weighted by molar-refractivity contribution is -0.120. The van der Waals surface area contributed by atoms with Crippen molar-refractivity contribution in [3.05, 3.63) is 47.5 Å². The van der Waals surface area contributed by atoms with Crippen molar-refractivity contribution in [1.29, 1.82) is 0 Å². The number of halogens is 1. The van der Waals surface area contributed by atoms with Crippen molar-refractivity contribution in [3.8, 4) is 11.5 Å². The minimum Gasteiger partial charge on any atom is -0.497 e. The Bertz CT molecular complexity index is 779. The minimum absolute atomic E-state index is 0.155. The third kappa shape index (κ3) is 4.87. The van der Waals surface area contributed by atoms with E-state index < -0.39 is 0 Å². The highest BCUT2D eigenvalue weighted by Gasteiger charge is 2.17. The molecule has 0 bridgehead atoms. The Kier molecular flexibility index (Phi) is 6.25. The van der Waals surface area contributed by atoms with Gasteiger partial charge in [0.1, 0.15) is 18.0 Å². The fourth-order valence-corrected chi connectivity index (χ4v) is 2.45. The number of amides is 2. The van der Waals surface area contributed by atoms with Crippen molar-refractivity contribution < 1.29 is 19.1 Å². The summed E-state index contributed by atoms with van der Waals surface area (Å²) in [4.78, 5) is 25.7. The van der Waals surface area contributed by atoms with Gasteiger partial charge in [0.25, 0.3) is 0 Å². The van der Waals surface area contributed by atoms with Gasteiger partial charge in [0.05, 0.1) is 19.9 Å². The van der Waals surface area contributed by atoms with E-state index in [0.29, 0.717) is 27.9 Å². The second kappa shape index (κ2) is 8.39. The second-order valence-corrected chi connectivity index (χ2v) is 5.64. The van der Waals surface area contributed by atoms with E-state index >= 15 is 0 Å². The first-order valence-corrected chi connectivity index (χ1v) is 7.88. The van der Waals surface area contributed by atoms with Crippen molar-refractivity contribution in [2.24, 2.45) is 0 Å². The number of carbonyl (C=O) groups is 2. The topological polar surface area (TPSA) is 67.9 Å². The smallest absolute Gasteiger partial charge is 0.244 e. The van der Waals surface area contributed by atoms with Crippen LogP contribution in [0.2, 0.25) is 5.02 Å². The molecule has 132 valence electrons. The Hall–Kier alpha value is -2.73. The summed E-state index contributed by atoms with van der Waals surface area (Å²) >= 11 is 5.96. The molecular formula is C18H19ClN2O4. The standard InChI is InChI=1S/C18H19ClN2O4/c1-12(22)21(14-5-4-6-15(10-14)24-2)11-18(23)20-16-9-13(19)7-8-17(16)25-3/h4-10H,11H2,1-3H3,(H,20,23). The highest BCUT2D eigenvalue weighted by molar-refractivity contribution is 6.31. The summed E-state index contributed by atoms with van der Waals surface area (Å²) in [5.41, 5.74) is 1.01. The van der Waals surface area contributed by atoms with Gasteiger partial charge >= 0.3 is 0 Å². The molecule has 0 aliphatic carbocycles. The number of hydrogen-bond donors (Lipinski definition) is 1. The summed E-state index contributed by atoms with van der Waals surface area (Å²) in [6, 6.07) is 11.8. The van der Waals surface area contributed by atoms with E-state index in [1.54, 1.807) is 42.5 Å². The predicted molar refractivity (Wildman–Crippen MR) is 97.7 cm³/mol. The van der Waals surface area contributed by atoms with Crippen LogP contribution in [0, 0.1) is 0 Å². The number of carbonyl (C=O) groups excluding carboxylic acids is 2. The van der Waals surface area contributed by atoms with Gasteiger partial charge in [0, 0.05) is 23.7 Å². The van der Waals surface area contributed by atoms with E-state index in [1.165, 1.54) is 26.0 Å².